The molecule has 0 aliphatic carbocycles. The molecule has 1 N–H and O–H groups in total. The van der Waals surface area contributed by atoms with Crippen LogP contribution in [-0.4, -0.2) is 20.3 Å². The number of halogens is 3. The lowest BCUT2D eigenvalue weighted by Crippen LogP contribution is -2.24. The molecule has 1 atom stereocenters. The maximum Gasteiger partial charge on any atom is 0.144 e. The number of benzene rings is 1. The van der Waals surface area contributed by atoms with E-state index >= 15 is 0 Å². The Morgan fingerprint density at radius 2 is 2.12 bits per heavy atom. The first-order valence-corrected chi connectivity index (χ1v) is 6.17. The quantitative estimate of drug-likeness (QED) is 0.816. The van der Waals surface area contributed by atoms with Gasteiger partial charge in [-0.15, -0.1) is 0 Å². The molecular formula is C12H16BrF2NO. The maximum absolute atomic E-state index is 13.6. The van der Waals surface area contributed by atoms with Gasteiger partial charge in [-0.25, -0.2) is 8.78 Å². The third-order valence-corrected chi connectivity index (χ3v) is 3.00. The van der Waals surface area contributed by atoms with Crippen LogP contribution < -0.4 is 5.32 Å². The molecule has 5 heteroatoms. The van der Waals surface area contributed by atoms with Gasteiger partial charge in [-0.1, -0.05) is 6.92 Å². The van der Waals surface area contributed by atoms with Crippen molar-refractivity contribution < 1.29 is 13.5 Å². The summed E-state index contributed by atoms with van der Waals surface area (Å²) in [5, 5.41) is 3.01. The van der Waals surface area contributed by atoms with Gasteiger partial charge < -0.3 is 10.1 Å². The fourth-order valence-corrected chi connectivity index (χ4v) is 1.89. The van der Waals surface area contributed by atoms with Crippen molar-refractivity contribution in [2.75, 3.05) is 20.3 Å². The van der Waals surface area contributed by atoms with Crippen molar-refractivity contribution in [2.45, 2.75) is 13.5 Å². The van der Waals surface area contributed by atoms with E-state index in [4.69, 9.17) is 4.74 Å². The molecule has 17 heavy (non-hydrogen) atoms. The minimum Gasteiger partial charge on any atom is -0.384 e. The third-order valence-electron chi connectivity index (χ3n) is 2.38. The first kappa shape index (κ1) is 14.5. The molecule has 2 nitrogen and oxygen atoms in total. The molecule has 0 amide bonds. The molecule has 0 saturated carbocycles. The number of ether oxygens (including phenoxy) is 1. The second-order valence-corrected chi connectivity index (χ2v) is 4.87. The third kappa shape index (κ3) is 4.33. The van der Waals surface area contributed by atoms with Gasteiger partial charge in [0, 0.05) is 32.4 Å². The zero-order valence-electron chi connectivity index (χ0n) is 9.90. The maximum atomic E-state index is 13.6. The minimum atomic E-state index is -0.545. The lowest BCUT2D eigenvalue weighted by molar-refractivity contribution is 0.158. The Bertz CT molecular complexity index is 374. The topological polar surface area (TPSA) is 21.3 Å². The van der Waals surface area contributed by atoms with E-state index in [2.05, 4.69) is 21.2 Å². The molecule has 0 aliphatic heterocycles. The van der Waals surface area contributed by atoms with Gasteiger partial charge in [0.2, 0.25) is 0 Å². The second kappa shape index (κ2) is 7.03. The fourth-order valence-electron chi connectivity index (χ4n) is 1.52. The highest BCUT2D eigenvalue weighted by Gasteiger charge is 2.12. The van der Waals surface area contributed by atoms with Crippen LogP contribution >= 0.6 is 15.9 Å². The average Bonchev–Trinajstić information content (AvgIpc) is 2.29. The van der Waals surface area contributed by atoms with Crippen LogP contribution in [0.4, 0.5) is 8.78 Å². The predicted octanol–water partition coefficient (Wildman–Crippen LogP) is 3.10. The molecular weight excluding hydrogens is 292 g/mol. The number of nitrogens with one attached hydrogen (secondary N) is 1. The Kier molecular flexibility index (Phi) is 6.02. The van der Waals surface area contributed by atoms with Crippen molar-refractivity contribution in [3.8, 4) is 0 Å². The van der Waals surface area contributed by atoms with E-state index in [1.807, 2.05) is 6.92 Å². The number of hydrogen-bond donors (Lipinski definition) is 1. The summed E-state index contributed by atoms with van der Waals surface area (Å²) in [5.41, 5.74) is 0.0593. The molecule has 0 bridgehead atoms. The SMILES string of the molecule is COCC(C)CNCc1c(F)ccc(Br)c1F. The van der Waals surface area contributed by atoms with Crippen LogP contribution in [0.3, 0.4) is 0 Å². The molecule has 0 aromatic heterocycles. The zero-order valence-corrected chi connectivity index (χ0v) is 11.5. The summed E-state index contributed by atoms with van der Waals surface area (Å²) in [7, 11) is 1.63. The summed E-state index contributed by atoms with van der Waals surface area (Å²) in [6.45, 7) is 3.45. The average molecular weight is 308 g/mol. The van der Waals surface area contributed by atoms with Gasteiger partial charge in [0.25, 0.3) is 0 Å². The lowest BCUT2D eigenvalue weighted by atomic mass is 10.1. The molecule has 1 rings (SSSR count). The number of hydrogen-bond acceptors (Lipinski definition) is 2. The van der Waals surface area contributed by atoms with Crippen molar-refractivity contribution in [1.82, 2.24) is 5.32 Å². The normalized spacial score (nSPS) is 12.8. The summed E-state index contributed by atoms with van der Waals surface area (Å²) < 4.78 is 32.2. The van der Waals surface area contributed by atoms with Crippen molar-refractivity contribution >= 4 is 15.9 Å². The monoisotopic (exact) mass is 307 g/mol. The lowest BCUT2D eigenvalue weighted by Gasteiger charge is -2.12. The van der Waals surface area contributed by atoms with Crippen LogP contribution in [0.25, 0.3) is 0 Å². The predicted molar refractivity (Wildman–Crippen MR) is 66.8 cm³/mol. The van der Waals surface area contributed by atoms with Crippen LogP contribution in [-0.2, 0) is 11.3 Å². The Morgan fingerprint density at radius 1 is 1.41 bits per heavy atom. The van der Waals surface area contributed by atoms with Crippen LogP contribution in [0, 0.1) is 17.6 Å². The first-order chi connectivity index (χ1) is 8.06. The van der Waals surface area contributed by atoms with E-state index in [9.17, 15) is 8.78 Å². The summed E-state index contributed by atoms with van der Waals surface area (Å²) in [6, 6.07) is 2.62. The van der Waals surface area contributed by atoms with Gasteiger partial charge in [-0.05, 0) is 34.0 Å². The second-order valence-electron chi connectivity index (χ2n) is 4.01. The minimum absolute atomic E-state index is 0.0593. The van der Waals surface area contributed by atoms with E-state index in [0.717, 1.165) is 0 Å². The molecule has 0 fully saturated rings. The largest absolute Gasteiger partial charge is 0.384 e. The molecule has 1 aromatic carbocycles. The van der Waals surface area contributed by atoms with Gasteiger partial charge in [0.15, 0.2) is 0 Å². The summed E-state index contributed by atoms with van der Waals surface area (Å²) >= 11 is 3.04. The van der Waals surface area contributed by atoms with Gasteiger partial charge in [0.1, 0.15) is 11.6 Å². The molecule has 0 aliphatic rings. The first-order valence-electron chi connectivity index (χ1n) is 5.38. The number of rotatable bonds is 6. The molecule has 0 radical (unpaired) electrons. The van der Waals surface area contributed by atoms with Crippen LogP contribution in [0.5, 0.6) is 0 Å². The summed E-state index contributed by atoms with van der Waals surface area (Å²) in [6.07, 6.45) is 0. The Morgan fingerprint density at radius 3 is 2.76 bits per heavy atom. The molecule has 0 saturated heterocycles. The van der Waals surface area contributed by atoms with Crippen LogP contribution in [0.1, 0.15) is 12.5 Å². The zero-order chi connectivity index (χ0) is 12.8. The highest BCUT2D eigenvalue weighted by molar-refractivity contribution is 9.10. The molecule has 0 heterocycles. The molecule has 0 spiro atoms. The van der Waals surface area contributed by atoms with E-state index in [0.29, 0.717) is 19.1 Å². The molecule has 1 aromatic rings. The van der Waals surface area contributed by atoms with Gasteiger partial charge in [-0.2, -0.15) is 0 Å². The Labute approximate surface area is 108 Å². The highest BCUT2D eigenvalue weighted by Crippen LogP contribution is 2.21. The van der Waals surface area contributed by atoms with Crippen molar-refractivity contribution in [3.63, 3.8) is 0 Å². The van der Waals surface area contributed by atoms with Crippen LogP contribution in [0.2, 0.25) is 0 Å². The summed E-state index contributed by atoms with van der Waals surface area (Å²) in [4.78, 5) is 0. The van der Waals surface area contributed by atoms with Crippen molar-refractivity contribution in [2.24, 2.45) is 5.92 Å². The van der Waals surface area contributed by atoms with Gasteiger partial charge >= 0.3 is 0 Å². The van der Waals surface area contributed by atoms with E-state index in [-0.39, 0.29) is 16.6 Å². The standard InChI is InChI=1S/C12H16BrF2NO/c1-8(7-17-2)5-16-6-9-11(14)4-3-10(13)12(9)15/h3-4,8,16H,5-7H2,1-2H3. The van der Waals surface area contributed by atoms with E-state index in [1.54, 1.807) is 7.11 Å². The van der Waals surface area contributed by atoms with E-state index < -0.39 is 11.6 Å². The van der Waals surface area contributed by atoms with Crippen molar-refractivity contribution in [3.05, 3.63) is 33.8 Å². The number of methoxy groups -OCH3 is 1. The Balaban J connectivity index is 2.55. The van der Waals surface area contributed by atoms with Crippen LogP contribution in [0.15, 0.2) is 16.6 Å². The molecule has 1 unspecified atom stereocenters. The Hall–Kier alpha value is -0.520. The van der Waals surface area contributed by atoms with Crippen molar-refractivity contribution in [1.29, 1.82) is 0 Å². The summed E-state index contributed by atoms with van der Waals surface area (Å²) in [5.74, 6) is -0.771. The highest BCUT2D eigenvalue weighted by atomic mass is 79.9. The van der Waals surface area contributed by atoms with E-state index in [1.165, 1.54) is 12.1 Å². The van der Waals surface area contributed by atoms with Gasteiger partial charge in [-0.3, -0.25) is 0 Å². The fraction of sp³-hybridized carbons (Fsp3) is 0.500. The smallest absolute Gasteiger partial charge is 0.144 e. The molecule has 96 valence electrons. The van der Waals surface area contributed by atoms with Gasteiger partial charge in [0.05, 0.1) is 4.47 Å².